The molecule has 1 heterocycles. The van der Waals surface area contributed by atoms with E-state index in [4.69, 9.17) is 16.3 Å². The number of halogens is 1. The third-order valence-electron chi connectivity index (χ3n) is 2.67. The first-order valence-electron chi connectivity index (χ1n) is 5.41. The van der Waals surface area contributed by atoms with Gasteiger partial charge < -0.3 is 10.1 Å². The summed E-state index contributed by atoms with van der Waals surface area (Å²) in [7, 11) is 0. The van der Waals surface area contributed by atoms with Crippen molar-refractivity contribution in [2.75, 3.05) is 19.7 Å². The smallest absolute Gasteiger partial charge is 0.0703 e. The Balaban J connectivity index is 1.79. The number of nitrogens with one attached hydrogen (secondary N) is 1. The number of benzene rings is 1. The summed E-state index contributed by atoms with van der Waals surface area (Å²) in [6.45, 7) is 2.80. The maximum Gasteiger partial charge on any atom is 0.0703 e. The fourth-order valence-electron chi connectivity index (χ4n) is 1.78. The molecule has 3 heteroatoms. The molecule has 0 saturated carbocycles. The lowest BCUT2D eigenvalue weighted by Crippen LogP contribution is -2.38. The van der Waals surface area contributed by atoms with Gasteiger partial charge in [0.25, 0.3) is 0 Å². The van der Waals surface area contributed by atoms with Gasteiger partial charge in [0.1, 0.15) is 0 Å². The second-order valence-electron chi connectivity index (χ2n) is 3.86. The zero-order valence-electron chi connectivity index (χ0n) is 8.71. The molecule has 1 unspecified atom stereocenters. The summed E-state index contributed by atoms with van der Waals surface area (Å²) in [5, 5.41) is 4.13. The van der Waals surface area contributed by atoms with Crippen LogP contribution in [0.4, 0.5) is 0 Å². The van der Waals surface area contributed by atoms with Crippen molar-refractivity contribution in [3.63, 3.8) is 0 Å². The zero-order valence-corrected chi connectivity index (χ0v) is 9.46. The van der Waals surface area contributed by atoms with Crippen LogP contribution in [0.25, 0.3) is 0 Å². The van der Waals surface area contributed by atoms with Crippen LogP contribution in [0, 0.1) is 0 Å². The van der Waals surface area contributed by atoms with Gasteiger partial charge in [-0.05, 0) is 30.5 Å². The fourth-order valence-corrected chi connectivity index (χ4v) is 1.91. The van der Waals surface area contributed by atoms with E-state index in [2.05, 4.69) is 17.4 Å². The predicted molar refractivity (Wildman–Crippen MR) is 62.4 cm³/mol. The molecule has 0 radical (unpaired) electrons. The Morgan fingerprint density at radius 1 is 1.33 bits per heavy atom. The monoisotopic (exact) mass is 225 g/mol. The third-order valence-corrected chi connectivity index (χ3v) is 2.92. The van der Waals surface area contributed by atoms with Crippen LogP contribution in [0.2, 0.25) is 5.02 Å². The molecule has 82 valence electrons. The molecule has 2 nitrogen and oxygen atoms in total. The van der Waals surface area contributed by atoms with Crippen LogP contribution in [-0.2, 0) is 11.2 Å². The Hall–Kier alpha value is -0.570. The highest BCUT2D eigenvalue weighted by molar-refractivity contribution is 6.30. The van der Waals surface area contributed by atoms with Gasteiger partial charge in [0, 0.05) is 18.1 Å². The third kappa shape index (κ3) is 3.49. The topological polar surface area (TPSA) is 21.3 Å². The second kappa shape index (κ2) is 5.50. The highest BCUT2D eigenvalue weighted by atomic mass is 35.5. The molecule has 0 aliphatic carbocycles. The Morgan fingerprint density at radius 2 is 2.13 bits per heavy atom. The Kier molecular flexibility index (Phi) is 4.01. The predicted octanol–water partition coefficient (Wildman–Crippen LogP) is 2.26. The Morgan fingerprint density at radius 3 is 2.80 bits per heavy atom. The van der Waals surface area contributed by atoms with E-state index in [0.29, 0.717) is 6.10 Å². The standard InChI is InChI=1S/C12H16ClNO/c13-11-4-1-10(2-5-11)3-6-12-9-14-7-8-15-12/h1-2,4-5,12,14H,3,6-9H2. The fraction of sp³-hybridized carbons (Fsp3) is 0.500. The molecular formula is C12H16ClNO. The summed E-state index contributed by atoms with van der Waals surface area (Å²) in [4.78, 5) is 0. The SMILES string of the molecule is Clc1ccc(CCC2CNCCO2)cc1. The van der Waals surface area contributed by atoms with E-state index in [1.807, 2.05) is 12.1 Å². The van der Waals surface area contributed by atoms with E-state index in [1.54, 1.807) is 0 Å². The lowest BCUT2D eigenvalue weighted by atomic mass is 10.1. The highest BCUT2D eigenvalue weighted by Gasteiger charge is 2.12. The molecule has 1 saturated heterocycles. The maximum atomic E-state index is 5.83. The van der Waals surface area contributed by atoms with Gasteiger partial charge >= 0.3 is 0 Å². The molecular weight excluding hydrogens is 210 g/mol. The number of ether oxygens (including phenoxy) is 1. The van der Waals surface area contributed by atoms with Crippen molar-refractivity contribution in [3.05, 3.63) is 34.9 Å². The van der Waals surface area contributed by atoms with Gasteiger partial charge in [-0.2, -0.15) is 0 Å². The average Bonchev–Trinajstić information content (AvgIpc) is 2.30. The first-order valence-corrected chi connectivity index (χ1v) is 5.79. The van der Waals surface area contributed by atoms with Crippen molar-refractivity contribution in [2.45, 2.75) is 18.9 Å². The van der Waals surface area contributed by atoms with Crippen molar-refractivity contribution >= 4 is 11.6 Å². The lowest BCUT2D eigenvalue weighted by Gasteiger charge is -2.23. The minimum Gasteiger partial charge on any atom is -0.376 e. The van der Waals surface area contributed by atoms with Crippen LogP contribution in [-0.4, -0.2) is 25.8 Å². The van der Waals surface area contributed by atoms with Crippen LogP contribution < -0.4 is 5.32 Å². The van der Waals surface area contributed by atoms with E-state index in [1.165, 1.54) is 5.56 Å². The van der Waals surface area contributed by atoms with E-state index >= 15 is 0 Å². The molecule has 15 heavy (non-hydrogen) atoms. The van der Waals surface area contributed by atoms with Crippen molar-refractivity contribution in [1.29, 1.82) is 0 Å². The summed E-state index contributed by atoms with van der Waals surface area (Å²) in [6.07, 6.45) is 2.51. The minimum absolute atomic E-state index is 0.370. The largest absolute Gasteiger partial charge is 0.376 e. The van der Waals surface area contributed by atoms with Gasteiger partial charge in [-0.3, -0.25) is 0 Å². The molecule has 0 spiro atoms. The molecule has 1 aliphatic heterocycles. The molecule has 1 N–H and O–H groups in total. The number of rotatable bonds is 3. The Labute approximate surface area is 95.6 Å². The molecule has 0 amide bonds. The summed E-state index contributed by atoms with van der Waals surface area (Å²) in [5.41, 5.74) is 1.33. The number of aryl methyl sites for hydroxylation is 1. The second-order valence-corrected chi connectivity index (χ2v) is 4.30. The summed E-state index contributed by atoms with van der Waals surface area (Å²) in [5.74, 6) is 0. The molecule has 2 rings (SSSR count). The number of hydrogen-bond acceptors (Lipinski definition) is 2. The van der Waals surface area contributed by atoms with Crippen molar-refractivity contribution < 1.29 is 4.74 Å². The van der Waals surface area contributed by atoms with Crippen LogP contribution in [0.5, 0.6) is 0 Å². The van der Waals surface area contributed by atoms with Gasteiger partial charge in [0.15, 0.2) is 0 Å². The van der Waals surface area contributed by atoms with Crippen LogP contribution in [0.3, 0.4) is 0 Å². The summed E-state index contributed by atoms with van der Waals surface area (Å²) in [6, 6.07) is 8.05. The van der Waals surface area contributed by atoms with Crippen molar-refractivity contribution in [2.24, 2.45) is 0 Å². The molecule has 0 bridgehead atoms. The van der Waals surface area contributed by atoms with E-state index in [-0.39, 0.29) is 0 Å². The molecule has 1 atom stereocenters. The number of hydrogen-bond donors (Lipinski definition) is 1. The zero-order chi connectivity index (χ0) is 10.5. The van der Waals surface area contributed by atoms with Crippen LogP contribution >= 0.6 is 11.6 Å². The van der Waals surface area contributed by atoms with E-state index in [9.17, 15) is 0 Å². The summed E-state index contributed by atoms with van der Waals surface area (Å²) >= 11 is 5.83. The molecule has 0 aromatic heterocycles. The van der Waals surface area contributed by atoms with Crippen LogP contribution in [0.15, 0.2) is 24.3 Å². The van der Waals surface area contributed by atoms with Gasteiger partial charge in [-0.15, -0.1) is 0 Å². The molecule has 1 fully saturated rings. The first kappa shape index (κ1) is 10.9. The minimum atomic E-state index is 0.370. The molecule has 1 aromatic rings. The average molecular weight is 226 g/mol. The van der Waals surface area contributed by atoms with Gasteiger partial charge in [0.05, 0.1) is 12.7 Å². The molecule has 1 aromatic carbocycles. The lowest BCUT2D eigenvalue weighted by molar-refractivity contribution is 0.0238. The molecule has 1 aliphatic rings. The summed E-state index contributed by atoms with van der Waals surface area (Å²) < 4.78 is 5.63. The quantitative estimate of drug-likeness (QED) is 0.852. The van der Waals surface area contributed by atoms with Crippen LogP contribution in [0.1, 0.15) is 12.0 Å². The first-order chi connectivity index (χ1) is 7.34. The van der Waals surface area contributed by atoms with E-state index < -0.39 is 0 Å². The maximum absolute atomic E-state index is 5.83. The van der Waals surface area contributed by atoms with Gasteiger partial charge in [0.2, 0.25) is 0 Å². The normalized spacial score (nSPS) is 21.5. The van der Waals surface area contributed by atoms with Crippen molar-refractivity contribution in [3.8, 4) is 0 Å². The van der Waals surface area contributed by atoms with E-state index in [0.717, 1.165) is 37.6 Å². The number of morpholine rings is 1. The van der Waals surface area contributed by atoms with Gasteiger partial charge in [-0.1, -0.05) is 23.7 Å². The highest BCUT2D eigenvalue weighted by Crippen LogP contribution is 2.13. The van der Waals surface area contributed by atoms with Gasteiger partial charge in [-0.25, -0.2) is 0 Å². The van der Waals surface area contributed by atoms with Crippen molar-refractivity contribution in [1.82, 2.24) is 5.32 Å². The Bertz CT molecular complexity index is 293.